The van der Waals surface area contributed by atoms with Gasteiger partial charge in [0.2, 0.25) is 5.91 Å². The Morgan fingerprint density at radius 2 is 2.06 bits per heavy atom. The maximum Gasteiger partial charge on any atom is 0.237 e. The molecule has 2 atom stereocenters. The molecule has 4 heteroatoms. The number of amides is 1. The van der Waals surface area contributed by atoms with Crippen molar-refractivity contribution in [1.82, 2.24) is 15.5 Å². The van der Waals surface area contributed by atoms with Crippen molar-refractivity contribution < 1.29 is 4.79 Å². The Bertz CT molecular complexity index is 267. The molecule has 2 N–H and O–H groups in total. The van der Waals surface area contributed by atoms with Gasteiger partial charge in [-0.1, -0.05) is 0 Å². The summed E-state index contributed by atoms with van der Waals surface area (Å²) in [5.74, 6) is 0.964. The predicted molar refractivity (Wildman–Crippen MR) is 62.1 cm³/mol. The van der Waals surface area contributed by atoms with Gasteiger partial charge in [-0.05, 0) is 51.2 Å². The molecular weight excluding hydrogens is 202 g/mol. The summed E-state index contributed by atoms with van der Waals surface area (Å²) in [6, 6.07) is 0.493. The van der Waals surface area contributed by atoms with Gasteiger partial charge in [0.05, 0.1) is 6.04 Å². The lowest BCUT2D eigenvalue weighted by Gasteiger charge is -2.45. The largest absolute Gasteiger partial charge is 0.350 e. The van der Waals surface area contributed by atoms with Gasteiger partial charge in [0.25, 0.3) is 0 Å². The van der Waals surface area contributed by atoms with Gasteiger partial charge in [0.1, 0.15) is 0 Å². The van der Waals surface area contributed by atoms with Crippen LogP contribution in [0.5, 0.6) is 0 Å². The topological polar surface area (TPSA) is 44.4 Å². The third kappa shape index (κ3) is 1.96. The van der Waals surface area contributed by atoms with Crippen molar-refractivity contribution in [3.8, 4) is 0 Å². The number of nitrogens with one attached hydrogen (secondary N) is 2. The smallest absolute Gasteiger partial charge is 0.237 e. The lowest BCUT2D eigenvalue weighted by atomic mass is 9.84. The van der Waals surface area contributed by atoms with Gasteiger partial charge in [0.15, 0.2) is 0 Å². The Morgan fingerprint density at radius 1 is 1.25 bits per heavy atom. The number of nitrogens with zero attached hydrogens (tertiary/aromatic N) is 1. The number of hydrogen-bond acceptors (Lipinski definition) is 3. The van der Waals surface area contributed by atoms with Crippen molar-refractivity contribution in [1.29, 1.82) is 0 Å². The summed E-state index contributed by atoms with van der Waals surface area (Å²) in [7, 11) is 0. The summed E-state index contributed by atoms with van der Waals surface area (Å²) in [6.07, 6.45) is 4.68. The van der Waals surface area contributed by atoms with Gasteiger partial charge in [-0.3, -0.25) is 4.79 Å². The number of piperidine rings is 3. The Labute approximate surface area is 96.8 Å². The second kappa shape index (κ2) is 4.34. The van der Waals surface area contributed by atoms with E-state index in [0.717, 1.165) is 31.8 Å². The summed E-state index contributed by atoms with van der Waals surface area (Å²) >= 11 is 0. The SMILES string of the molecule is O=C(NC1CN2CCC1CC2)[C@@H]1CCCN1. The lowest BCUT2D eigenvalue weighted by Crippen LogP contribution is -2.59. The van der Waals surface area contributed by atoms with E-state index < -0.39 is 0 Å². The fourth-order valence-corrected chi connectivity index (χ4v) is 3.32. The zero-order valence-electron chi connectivity index (χ0n) is 9.74. The first-order valence-corrected chi connectivity index (χ1v) is 6.59. The van der Waals surface area contributed by atoms with Crippen LogP contribution in [0, 0.1) is 5.92 Å². The first kappa shape index (κ1) is 10.5. The van der Waals surface area contributed by atoms with Crippen LogP contribution in [-0.4, -0.2) is 49.1 Å². The van der Waals surface area contributed by atoms with Crippen molar-refractivity contribution in [2.45, 2.75) is 37.8 Å². The van der Waals surface area contributed by atoms with Gasteiger partial charge in [-0.25, -0.2) is 0 Å². The summed E-state index contributed by atoms with van der Waals surface area (Å²) in [4.78, 5) is 14.5. The molecule has 0 radical (unpaired) electrons. The average molecular weight is 223 g/mol. The predicted octanol–water partition coefficient (Wildman–Crippen LogP) is -0.0512. The van der Waals surface area contributed by atoms with Crippen molar-refractivity contribution in [3.63, 3.8) is 0 Å². The van der Waals surface area contributed by atoms with Gasteiger partial charge in [-0.2, -0.15) is 0 Å². The molecule has 4 aliphatic rings. The molecule has 4 heterocycles. The maximum absolute atomic E-state index is 12.0. The van der Waals surface area contributed by atoms with Crippen molar-refractivity contribution in [3.05, 3.63) is 0 Å². The molecule has 0 spiro atoms. The highest BCUT2D eigenvalue weighted by Crippen LogP contribution is 2.27. The third-order valence-corrected chi connectivity index (χ3v) is 4.36. The molecule has 2 bridgehead atoms. The monoisotopic (exact) mass is 223 g/mol. The third-order valence-electron chi connectivity index (χ3n) is 4.36. The summed E-state index contributed by atoms with van der Waals surface area (Å²) in [5.41, 5.74) is 0. The van der Waals surface area contributed by atoms with Crippen LogP contribution in [0.3, 0.4) is 0 Å². The molecule has 16 heavy (non-hydrogen) atoms. The van der Waals surface area contributed by atoms with Gasteiger partial charge in [0, 0.05) is 12.6 Å². The minimum atomic E-state index is 0.0791. The molecule has 0 aromatic heterocycles. The second-order valence-corrected chi connectivity index (χ2v) is 5.40. The quantitative estimate of drug-likeness (QED) is 0.690. The van der Waals surface area contributed by atoms with E-state index >= 15 is 0 Å². The van der Waals surface area contributed by atoms with E-state index in [9.17, 15) is 4.79 Å². The van der Waals surface area contributed by atoms with E-state index in [0.29, 0.717) is 6.04 Å². The van der Waals surface area contributed by atoms with Crippen LogP contribution in [0.1, 0.15) is 25.7 Å². The molecule has 0 saturated carbocycles. The van der Waals surface area contributed by atoms with E-state index in [1.807, 2.05) is 0 Å². The molecule has 4 saturated heterocycles. The van der Waals surface area contributed by atoms with Gasteiger partial charge in [-0.15, -0.1) is 0 Å². The van der Waals surface area contributed by atoms with Crippen LogP contribution in [0.25, 0.3) is 0 Å². The number of rotatable bonds is 2. The average Bonchev–Trinajstić information content (AvgIpc) is 2.84. The fraction of sp³-hybridized carbons (Fsp3) is 0.917. The van der Waals surface area contributed by atoms with Gasteiger partial charge >= 0.3 is 0 Å². The highest BCUT2D eigenvalue weighted by molar-refractivity contribution is 5.82. The van der Waals surface area contributed by atoms with Crippen LogP contribution in [-0.2, 0) is 4.79 Å². The van der Waals surface area contributed by atoms with Crippen LogP contribution in [0.15, 0.2) is 0 Å². The molecule has 0 aliphatic carbocycles. The first-order valence-electron chi connectivity index (χ1n) is 6.59. The Balaban J connectivity index is 1.56. The van der Waals surface area contributed by atoms with Gasteiger partial charge < -0.3 is 15.5 Å². The molecule has 1 amide bonds. The minimum Gasteiger partial charge on any atom is -0.350 e. The second-order valence-electron chi connectivity index (χ2n) is 5.40. The zero-order valence-corrected chi connectivity index (χ0v) is 9.74. The first-order chi connectivity index (χ1) is 7.83. The Kier molecular flexibility index (Phi) is 2.86. The molecule has 0 aromatic rings. The molecule has 1 unspecified atom stereocenters. The van der Waals surface area contributed by atoms with E-state index in [-0.39, 0.29) is 11.9 Å². The van der Waals surface area contributed by atoms with E-state index in [1.54, 1.807) is 0 Å². The number of fused-ring (bicyclic) bond motifs is 3. The standard InChI is InChI=1S/C12H21N3O/c16-12(10-2-1-5-13-10)14-11-8-15-6-3-9(11)4-7-15/h9-11,13H,1-8H2,(H,14,16)/t10-,11?/m0/s1. The number of carbonyl (C=O) groups excluding carboxylic acids is 1. The molecule has 4 fully saturated rings. The highest BCUT2D eigenvalue weighted by atomic mass is 16.2. The molecule has 90 valence electrons. The van der Waals surface area contributed by atoms with Crippen LogP contribution in [0.4, 0.5) is 0 Å². The van der Waals surface area contributed by atoms with Crippen LogP contribution < -0.4 is 10.6 Å². The highest BCUT2D eigenvalue weighted by Gasteiger charge is 2.36. The number of hydrogen-bond donors (Lipinski definition) is 2. The van der Waals surface area contributed by atoms with Crippen molar-refractivity contribution in [2.24, 2.45) is 5.92 Å². The maximum atomic E-state index is 12.0. The molecule has 4 aliphatic heterocycles. The number of carbonyl (C=O) groups is 1. The zero-order chi connectivity index (χ0) is 11.0. The van der Waals surface area contributed by atoms with E-state index in [2.05, 4.69) is 15.5 Å². The molecule has 0 aromatic carbocycles. The Hall–Kier alpha value is -0.610. The fourth-order valence-electron chi connectivity index (χ4n) is 3.32. The normalized spacial score (nSPS) is 42.2. The molecule has 4 nitrogen and oxygen atoms in total. The summed E-state index contributed by atoms with van der Waals surface area (Å²) in [6.45, 7) is 4.54. The lowest BCUT2D eigenvalue weighted by molar-refractivity contribution is -0.124. The Morgan fingerprint density at radius 3 is 2.62 bits per heavy atom. The van der Waals surface area contributed by atoms with Crippen molar-refractivity contribution in [2.75, 3.05) is 26.2 Å². The van der Waals surface area contributed by atoms with E-state index in [1.165, 1.54) is 25.9 Å². The van der Waals surface area contributed by atoms with E-state index in [4.69, 9.17) is 0 Å². The summed E-state index contributed by atoms with van der Waals surface area (Å²) in [5, 5.41) is 6.51. The van der Waals surface area contributed by atoms with Crippen LogP contribution in [0.2, 0.25) is 0 Å². The minimum absolute atomic E-state index is 0.0791. The van der Waals surface area contributed by atoms with Crippen LogP contribution >= 0.6 is 0 Å². The van der Waals surface area contributed by atoms with Crippen molar-refractivity contribution >= 4 is 5.91 Å². The summed E-state index contributed by atoms with van der Waals surface area (Å²) < 4.78 is 0. The molecule has 4 rings (SSSR count). The molecular formula is C12H21N3O.